The fourth-order valence-electron chi connectivity index (χ4n) is 3.30. The van der Waals surface area contributed by atoms with Gasteiger partial charge in [0.05, 0.1) is 30.5 Å². The SMILES string of the molecule is COc1ccc(SCCC(=O)NC(c2ccccc2)c2ccc3nc[nH]c3c2)cc1. The van der Waals surface area contributed by atoms with E-state index in [2.05, 4.69) is 15.3 Å². The van der Waals surface area contributed by atoms with Gasteiger partial charge in [-0.15, -0.1) is 11.8 Å². The number of nitrogens with one attached hydrogen (secondary N) is 2. The normalized spacial score (nSPS) is 11.9. The van der Waals surface area contributed by atoms with Crippen molar-refractivity contribution in [3.05, 3.63) is 90.3 Å². The average Bonchev–Trinajstić information content (AvgIpc) is 3.26. The van der Waals surface area contributed by atoms with Gasteiger partial charge in [-0.2, -0.15) is 0 Å². The molecular weight excluding hydrogens is 394 g/mol. The van der Waals surface area contributed by atoms with Crippen molar-refractivity contribution < 1.29 is 9.53 Å². The number of H-pyrrole nitrogens is 1. The zero-order valence-electron chi connectivity index (χ0n) is 16.7. The Morgan fingerprint density at radius 3 is 2.63 bits per heavy atom. The van der Waals surface area contributed by atoms with Crippen LogP contribution in [0.25, 0.3) is 11.0 Å². The van der Waals surface area contributed by atoms with Crippen molar-refractivity contribution in [3.8, 4) is 5.75 Å². The predicted molar refractivity (Wildman–Crippen MR) is 121 cm³/mol. The highest BCUT2D eigenvalue weighted by Crippen LogP contribution is 2.26. The highest BCUT2D eigenvalue weighted by atomic mass is 32.2. The summed E-state index contributed by atoms with van der Waals surface area (Å²) in [5.74, 6) is 1.56. The van der Waals surface area contributed by atoms with Gasteiger partial charge in [0.2, 0.25) is 5.91 Å². The maximum atomic E-state index is 12.7. The van der Waals surface area contributed by atoms with Gasteiger partial charge < -0.3 is 15.0 Å². The van der Waals surface area contributed by atoms with Crippen LogP contribution in [0.4, 0.5) is 0 Å². The maximum absolute atomic E-state index is 12.7. The zero-order chi connectivity index (χ0) is 20.8. The van der Waals surface area contributed by atoms with Crippen LogP contribution in [0.2, 0.25) is 0 Å². The molecule has 0 aliphatic heterocycles. The molecule has 0 aliphatic rings. The van der Waals surface area contributed by atoms with Gasteiger partial charge in [-0.25, -0.2) is 4.98 Å². The number of methoxy groups -OCH3 is 1. The number of nitrogens with zero attached hydrogens (tertiary/aromatic N) is 1. The second kappa shape index (κ2) is 9.50. The second-order valence-electron chi connectivity index (χ2n) is 6.86. The molecule has 1 heterocycles. The third-order valence-electron chi connectivity index (χ3n) is 4.87. The molecule has 1 atom stereocenters. The molecule has 0 saturated carbocycles. The first-order valence-corrected chi connectivity index (χ1v) is 10.8. The first kappa shape index (κ1) is 20.0. The van der Waals surface area contributed by atoms with Crippen molar-refractivity contribution in [1.82, 2.24) is 15.3 Å². The van der Waals surface area contributed by atoms with Crippen LogP contribution in [0, 0.1) is 0 Å². The van der Waals surface area contributed by atoms with Crippen molar-refractivity contribution in [2.75, 3.05) is 12.9 Å². The predicted octanol–water partition coefficient (Wildman–Crippen LogP) is 4.96. The molecule has 30 heavy (non-hydrogen) atoms. The third kappa shape index (κ3) is 4.83. The summed E-state index contributed by atoms with van der Waals surface area (Å²) in [4.78, 5) is 21.3. The van der Waals surface area contributed by atoms with Gasteiger partial charge in [0.15, 0.2) is 0 Å². The zero-order valence-corrected chi connectivity index (χ0v) is 17.5. The molecule has 2 N–H and O–H groups in total. The number of thioether (sulfide) groups is 1. The highest BCUT2D eigenvalue weighted by molar-refractivity contribution is 7.99. The number of aromatic nitrogens is 2. The van der Waals surface area contributed by atoms with Crippen LogP contribution >= 0.6 is 11.8 Å². The van der Waals surface area contributed by atoms with Crippen LogP contribution in [-0.2, 0) is 4.79 Å². The third-order valence-corrected chi connectivity index (χ3v) is 5.89. The summed E-state index contributed by atoms with van der Waals surface area (Å²) < 4.78 is 5.18. The van der Waals surface area contributed by atoms with E-state index in [-0.39, 0.29) is 11.9 Å². The van der Waals surface area contributed by atoms with Gasteiger partial charge in [-0.05, 0) is 47.5 Å². The van der Waals surface area contributed by atoms with E-state index in [0.29, 0.717) is 12.2 Å². The van der Waals surface area contributed by atoms with Crippen LogP contribution in [0.5, 0.6) is 5.75 Å². The molecule has 0 bridgehead atoms. The van der Waals surface area contributed by atoms with E-state index >= 15 is 0 Å². The number of hydrogen-bond donors (Lipinski definition) is 2. The lowest BCUT2D eigenvalue weighted by Crippen LogP contribution is -2.29. The van der Waals surface area contributed by atoms with Crippen LogP contribution < -0.4 is 10.1 Å². The Hall–Kier alpha value is -3.25. The Labute approximate surface area is 179 Å². The summed E-state index contributed by atoms with van der Waals surface area (Å²) in [5, 5.41) is 3.20. The summed E-state index contributed by atoms with van der Waals surface area (Å²) in [7, 11) is 1.65. The summed E-state index contributed by atoms with van der Waals surface area (Å²) in [5.41, 5.74) is 3.94. The first-order valence-electron chi connectivity index (χ1n) is 9.77. The molecule has 5 nitrogen and oxygen atoms in total. The number of carbonyl (C=O) groups is 1. The minimum atomic E-state index is -0.211. The van der Waals surface area contributed by atoms with Crippen LogP contribution in [0.15, 0.2) is 84.0 Å². The number of aromatic amines is 1. The minimum Gasteiger partial charge on any atom is -0.497 e. The molecule has 0 saturated heterocycles. The molecule has 4 aromatic rings. The fraction of sp³-hybridized carbons (Fsp3) is 0.167. The van der Waals surface area contributed by atoms with Crippen LogP contribution in [0.3, 0.4) is 0 Å². The monoisotopic (exact) mass is 417 g/mol. The summed E-state index contributed by atoms with van der Waals surface area (Å²) in [6, 6.07) is 23.7. The van der Waals surface area contributed by atoms with Gasteiger partial charge in [0.1, 0.15) is 5.75 Å². The van der Waals surface area contributed by atoms with E-state index in [1.165, 1.54) is 0 Å². The van der Waals surface area contributed by atoms with Gasteiger partial charge in [-0.3, -0.25) is 4.79 Å². The Morgan fingerprint density at radius 2 is 1.87 bits per heavy atom. The average molecular weight is 418 g/mol. The van der Waals surface area contributed by atoms with E-state index < -0.39 is 0 Å². The number of rotatable bonds is 8. The molecule has 1 unspecified atom stereocenters. The van der Waals surface area contributed by atoms with Crippen molar-refractivity contribution in [1.29, 1.82) is 0 Å². The number of fused-ring (bicyclic) bond motifs is 1. The lowest BCUT2D eigenvalue weighted by molar-refractivity contribution is -0.121. The van der Waals surface area contributed by atoms with E-state index in [9.17, 15) is 4.79 Å². The topological polar surface area (TPSA) is 67.0 Å². The van der Waals surface area contributed by atoms with Crippen molar-refractivity contribution in [2.24, 2.45) is 0 Å². The molecule has 0 fully saturated rings. The molecule has 1 aromatic heterocycles. The summed E-state index contributed by atoms with van der Waals surface area (Å²) in [6.07, 6.45) is 2.12. The lowest BCUT2D eigenvalue weighted by atomic mass is 9.98. The fourth-order valence-corrected chi connectivity index (χ4v) is 4.16. The minimum absolute atomic E-state index is 0.0228. The van der Waals surface area contributed by atoms with E-state index in [1.807, 2.05) is 72.8 Å². The van der Waals surface area contributed by atoms with Crippen molar-refractivity contribution >= 4 is 28.7 Å². The number of imidazole rings is 1. The van der Waals surface area contributed by atoms with Gasteiger partial charge in [0.25, 0.3) is 0 Å². The number of ether oxygens (including phenoxy) is 1. The molecule has 0 radical (unpaired) electrons. The van der Waals surface area contributed by atoms with Gasteiger partial charge in [-0.1, -0.05) is 36.4 Å². The van der Waals surface area contributed by atoms with E-state index in [1.54, 1.807) is 25.2 Å². The van der Waals surface area contributed by atoms with Gasteiger partial charge in [0, 0.05) is 17.1 Å². The smallest absolute Gasteiger partial charge is 0.221 e. The number of carbonyl (C=O) groups excluding carboxylic acids is 1. The molecule has 1 amide bonds. The quantitative estimate of drug-likeness (QED) is 0.398. The molecule has 4 rings (SSSR count). The Morgan fingerprint density at radius 1 is 1.07 bits per heavy atom. The number of hydrogen-bond acceptors (Lipinski definition) is 4. The number of amides is 1. The van der Waals surface area contributed by atoms with Crippen molar-refractivity contribution in [3.63, 3.8) is 0 Å². The van der Waals surface area contributed by atoms with Crippen LogP contribution in [-0.4, -0.2) is 28.7 Å². The van der Waals surface area contributed by atoms with Crippen LogP contribution in [0.1, 0.15) is 23.6 Å². The Kier molecular flexibility index (Phi) is 6.35. The lowest BCUT2D eigenvalue weighted by Gasteiger charge is -2.20. The molecule has 0 spiro atoms. The Bertz CT molecular complexity index is 1110. The van der Waals surface area contributed by atoms with E-state index in [4.69, 9.17) is 4.74 Å². The summed E-state index contributed by atoms with van der Waals surface area (Å²) in [6.45, 7) is 0. The largest absolute Gasteiger partial charge is 0.497 e. The van der Waals surface area contributed by atoms with E-state index in [0.717, 1.165) is 32.8 Å². The number of benzene rings is 3. The first-order chi connectivity index (χ1) is 14.7. The Balaban J connectivity index is 1.44. The van der Waals surface area contributed by atoms with Gasteiger partial charge >= 0.3 is 0 Å². The molecule has 152 valence electrons. The highest BCUT2D eigenvalue weighted by Gasteiger charge is 2.17. The summed E-state index contributed by atoms with van der Waals surface area (Å²) >= 11 is 1.66. The molecular formula is C24H23N3O2S. The standard InChI is InChI=1S/C24H23N3O2S/c1-29-19-8-10-20(11-9-19)30-14-13-23(28)27-24(17-5-3-2-4-6-17)18-7-12-21-22(15-18)26-16-25-21/h2-12,15-16,24H,13-14H2,1H3,(H,25,26)(H,27,28). The van der Waals surface area contributed by atoms with Crippen molar-refractivity contribution in [2.45, 2.75) is 17.4 Å². The maximum Gasteiger partial charge on any atom is 0.221 e. The molecule has 6 heteroatoms. The molecule has 3 aromatic carbocycles. The molecule has 0 aliphatic carbocycles. The second-order valence-corrected chi connectivity index (χ2v) is 8.03.